The molecular weight excluding hydrogens is 451 g/mol. The standard InChI is InChI=1S/C21H21FN6O4S/c1-11(19(24)30)28(13-6-4-12(22)5-7-13)21-25-18(23)17(33-21)16(29)15-10-14(26-32-15)20(31)27-8-2-3-9-27/h4-7,10-11H,2-3,8-9,23H2,1H3,(H2,24,30)/t11-/m1/s1. The van der Waals surface area contributed by atoms with Gasteiger partial charge in [-0.05, 0) is 44.0 Å². The Hall–Kier alpha value is -3.80. The summed E-state index contributed by atoms with van der Waals surface area (Å²) in [4.78, 5) is 44.8. The third kappa shape index (κ3) is 4.42. The number of anilines is 3. The van der Waals surface area contributed by atoms with E-state index in [0.29, 0.717) is 18.8 Å². The van der Waals surface area contributed by atoms with E-state index < -0.39 is 23.5 Å². The van der Waals surface area contributed by atoms with Crippen LogP contribution in [0.15, 0.2) is 34.9 Å². The summed E-state index contributed by atoms with van der Waals surface area (Å²) in [5, 5.41) is 3.95. The lowest BCUT2D eigenvalue weighted by Gasteiger charge is -2.26. The second kappa shape index (κ2) is 8.98. The fraction of sp³-hybridized carbons (Fsp3) is 0.286. The van der Waals surface area contributed by atoms with Crippen molar-refractivity contribution in [2.75, 3.05) is 23.7 Å². The smallest absolute Gasteiger partial charge is 0.276 e. The highest BCUT2D eigenvalue weighted by Gasteiger charge is 2.30. The van der Waals surface area contributed by atoms with E-state index in [2.05, 4.69) is 10.1 Å². The summed E-state index contributed by atoms with van der Waals surface area (Å²) in [6.45, 7) is 2.83. The number of nitrogens with two attached hydrogens (primary N) is 2. The second-order valence-corrected chi connectivity index (χ2v) is 8.52. The second-order valence-electron chi connectivity index (χ2n) is 7.54. The molecule has 1 saturated heterocycles. The number of ketones is 1. The number of nitrogen functional groups attached to an aromatic ring is 1. The van der Waals surface area contributed by atoms with Crippen molar-refractivity contribution in [3.8, 4) is 0 Å². The molecule has 12 heteroatoms. The monoisotopic (exact) mass is 472 g/mol. The van der Waals surface area contributed by atoms with Crippen LogP contribution in [-0.2, 0) is 4.79 Å². The van der Waals surface area contributed by atoms with Gasteiger partial charge in [-0.15, -0.1) is 0 Å². The van der Waals surface area contributed by atoms with E-state index in [1.165, 1.54) is 35.2 Å². The van der Waals surface area contributed by atoms with Crippen LogP contribution < -0.4 is 16.4 Å². The number of rotatable bonds is 7. The Morgan fingerprint density at radius 1 is 1.21 bits per heavy atom. The topological polar surface area (TPSA) is 149 Å². The molecule has 1 aromatic carbocycles. The zero-order chi connectivity index (χ0) is 23.7. The first-order chi connectivity index (χ1) is 15.8. The van der Waals surface area contributed by atoms with Crippen LogP contribution in [0, 0.1) is 5.82 Å². The van der Waals surface area contributed by atoms with E-state index >= 15 is 0 Å². The average Bonchev–Trinajstić information content (AvgIpc) is 3.55. The Kier molecular flexibility index (Phi) is 6.09. The molecule has 2 amide bonds. The molecule has 0 unspecified atom stereocenters. The number of nitrogens with zero attached hydrogens (tertiary/aromatic N) is 4. The lowest BCUT2D eigenvalue weighted by Crippen LogP contribution is -2.39. The van der Waals surface area contributed by atoms with Crippen molar-refractivity contribution in [1.82, 2.24) is 15.0 Å². The summed E-state index contributed by atoms with van der Waals surface area (Å²) < 4.78 is 18.5. The number of aromatic nitrogens is 2. The van der Waals surface area contributed by atoms with Crippen LogP contribution in [0.25, 0.3) is 0 Å². The molecule has 1 fully saturated rings. The van der Waals surface area contributed by atoms with Gasteiger partial charge in [0.2, 0.25) is 17.5 Å². The van der Waals surface area contributed by atoms with Gasteiger partial charge in [0, 0.05) is 24.8 Å². The van der Waals surface area contributed by atoms with Gasteiger partial charge in [-0.1, -0.05) is 16.5 Å². The fourth-order valence-corrected chi connectivity index (χ4v) is 4.52. The average molecular weight is 473 g/mol. The van der Waals surface area contributed by atoms with Crippen LogP contribution in [0.3, 0.4) is 0 Å². The molecular formula is C21H21FN6O4S. The largest absolute Gasteiger partial charge is 0.382 e. The van der Waals surface area contributed by atoms with Gasteiger partial charge in [-0.2, -0.15) is 0 Å². The summed E-state index contributed by atoms with van der Waals surface area (Å²) in [5.41, 5.74) is 12.0. The Balaban J connectivity index is 1.64. The van der Waals surface area contributed by atoms with E-state index in [4.69, 9.17) is 16.0 Å². The SMILES string of the molecule is C[C@H](C(N)=O)N(c1ccc(F)cc1)c1nc(N)c(C(=O)c2cc(C(=O)N3CCCC3)no2)s1. The molecule has 1 aliphatic heterocycles. The lowest BCUT2D eigenvalue weighted by atomic mass is 10.2. The number of primary amides is 1. The Morgan fingerprint density at radius 3 is 2.52 bits per heavy atom. The highest BCUT2D eigenvalue weighted by atomic mass is 32.1. The van der Waals surface area contributed by atoms with Crippen molar-refractivity contribution in [2.45, 2.75) is 25.8 Å². The number of hydrogen-bond acceptors (Lipinski definition) is 9. The Morgan fingerprint density at radius 2 is 1.88 bits per heavy atom. The molecule has 3 aromatic rings. The van der Waals surface area contributed by atoms with E-state index in [9.17, 15) is 18.8 Å². The number of likely N-dealkylation sites (tertiary alicyclic amines) is 1. The van der Waals surface area contributed by atoms with Crippen molar-refractivity contribution >= 4 is 45.6 Å². The van der Waals surface area contributed by atoms with Gasteiger partial charge in [0.05, 0.1) is 0 Å². The molecule has 0 saturated carbocycles. The van der Waals surface area contributed by atoms with E-state index in [0.717, 1.165) is 24.2 Å². The molecule has 0 radical (unpaired) electrons. The molecule has 0 bridgehead atoms. The van der Waals surface area contributed by atoms with Gasteiger partial charge in [-0.3, -0.25) is 14.4 Å². The minimum Gasteiger partial charge on any atom is -0.382 e. The van der Waals surface area contributed by atoms with Gasteiger partial charge in [0.1, 0.15) is 22.6 Å². The summed E-state index contributed by atoms with van der Waals surface area (Å²) in [6, 6.07) is 5.80. The predicted octanol–water partition coefficient (Wildman–Crippen LogP) is 2.33. The zero-order valence-electron chi connectivity index (χ0n) is 17.7. The number of amides is 2. The first-order valence-corrected chi connectivity index (χ1v) is 11.0. The summed E-state index contributed by atoms with van der Waals surface area (Å²) in [5.74, 6) is -2.25. The first-order valence-electron chi connectivity index (χ1n) is 10.2. The predicted molar refractivity (Wildman–Crippen MR) is 119 cm³/mol. The maximum atomic E-state index is 13.4. The molecule has 1 aliphatic rings. The van der Waals surface area contributed by atoms with Crippen molar-refractivity contribution < 1.29 is 23.3 Å². The van der Waals surface area contributed by atoms with Gasteiger partial charge < -0.3 is 25.8 Å². The normalized spacial score (nSPS) is 14.3. The number of carbonyl (C=O) groups excluding carboxylic acids is 3. The molecule has 33 heavy (non-hydrogen) atoms. The van der Waals surface area contributed by atoms with Gasteiger partial charge >= 0.3 is 0 Å². The fourth-order valence-electron chi connectivity index (χ4n) is 3.49. The van der Waals surface area contributed by atoms with Crippen LogP contribution in [0.5, 0.6) is 0 Å². The molecule has 2 aromatic heterocycles. The summed E-state index contributed by atoms with van der Waals surface area (Å²) in [7, 11) is 0. The summed E-state index contributed by atoms with van der Waals surface area (Å²) >= 11 is 0.914. The van der Waals surface area contributed by atoms with Crippen LogP contribution in [-0.4, -0.2) is 51.8 Å². The Bertz CT molecular complexity index is 1200. The van der Waals surface area contributed by atoms with E-state index in [1.54, 1.807) is 11.8 Å². The van der Waals surface area contributed by atoms with Crippen LogP contribution in [0.4, 0.5) is 21.0 Å². The van der Waals surface area contributed by atoms with Crippen molar-refractivity contribution in [2.24, 2.45) is 5.73 Å². The van der Waals surface area contributed by atoms with Crippen LogP contribution in [0.2, 0.25) is 0 Å². The number of hydrogen-bond donors (Lipinski definition) is 2. The molecule has 4 N–H and O–H groups in total. The maximum absolute atomic E-state index is 13.4. The zero-order valence-corrected chi connectivity index (χ0v) is 18.5. The van der Waals surface area contributed by atoms with Gasteiger partial charge in [-0.25, -0.2) is 9.37 Å². The molecule has 0 aliphatic carbocycles. The van der Waals surface area contributed by atoms with E-state index in [1.807, 2.05) is 0 Å². The third-order valence-corrected chi connectivity index (χ3v) is 6.37. The third-order valence-electron chi connectivity index (χ3n) is 5.30. The van der Waals surface area contributed by atoms with Crippen molar-refractivity contribution in [3.05, 3.63) is 52.5 Å². The number of benzene rings is 1. The lowest BCUT2D eigenvalue weighted by molar-refractivity contribution is -0.118. The number of carbonyl (C=O) groups is 3. The highest BCUT2D eigenvalue weighted by Crippen LogP contribution is 2.36. The quantitative estimate of drug-likeness (QED) is 0.498. The highest BCUT2D eigenvalue weighted by molar-refractivity contribution is 7.18. The van der Waals surface area contributed by atoms with Gasteiger partial charge in [0.15, 0.2) is 10.8 Å². The van der Waals surface area contributed by atoms with Crippen molar-refractivity contribution in [3.63, 3.8) is 0 Å². The molecule has 0 spiro atoms. The molecule has 4 rings (SSSR count). The van der Waals surface area contributed by atoms with E-state index in [-0.39, 0.29) is 33.2 Å². The molecule has 10 nitrogen and oxygen atoms in total. The molecule has 172 valence electrons. The van der Waals surface area contributed by atoms with Gasteiger partial charge in [0.25, 0.3) is 5.91 Å². The number of thiazole rings is 1. The first kappa shape index (κ1) is 22.4. The number of halogens is 1. The summed E-state index contributed by atoms with van der Waals surface area (Å²) in [6.07, 6.45) is 1.84. The maximum Gasteiger partial charge on any atom is 0.276 e. The van der Waals surface area contributed by atoms with Crippen molar-refractivity contribution in [1.29, 1.82) is 0 Å². The van der Waals surface area contributed by atoms with Crippen LogP contribution in [0.1, 0.15) is 45.7 Å². The Labute approximate surface area is 191 Å². The molecule has 3 heterocycles. The van der Waals surface area contributed by atoms with Crippen LogP contribution >= 0.6 is 11.3 Å². The molecule has 1 atom stereocenters. The minimum absolute atomic E-state index is 0.0406. The minimum atomic E-state index is -0.862.